The van der Waals surface area contributed by atoms with Crippen molar-refractivity contribution >= 4 is 0 Å². The van der Waals surface area contributed by atoms with Gasteiger partial charge in [-0.25, -0.2) is 0 Å². The number of rotatable bonds is 5. The average Bonchev–Trinajstić information content (AvgIpc) is 2.54. The summed E-state index contributed by atoms with van der Waals surface area (Å²) in [5, 5.41) is 4.25. The van der Waals surface area contributed by atoms with E-state index in [0.717, 1.165) is 26.2 Å². The maximum Gasteiger partial charge on any atom is 0.0539 e. The average molecular weight is 181 g/mol. The topological polar surface area (TPSA) is 21.1 Å². The van der Waals surface area contributed by atoms with Crippen molar-refractivity contribution in [2.45, 2.75) is 27.3 Å². The van der Waals surface area contributed by atoms with E-state index in [9.17, 15) is 0 Å². The van der Waals surface area contributed by atoms with Crippen molar-refractivity contribution in [3.63, 3.8) is 0 Å². The van der Waals surface area contributed by atoms with Gasteiger partial charge in [0.1, 0.15) is 0 Å². The SMILES string of the molecule is CCN(CC)CCn1nccc1C. The maximum absolute atomic E-state index is 4.25. The van der Waals surface area contributed by atoms with Crippen molar-refractivity contribution in [2.75, 3.05) is 19.6 Å². The van der Waals surface area contributed by atoms with Crippen LogP contribution in [0.25, 0.3) is 0 Å². The highest BCUT2D eigenvalue weighted by molar-refractivity contribution is 4.96. The van der Waals surface area contributed by atoms with Crippen molar-refractivity contribution in [3.05, 3.63) is 18.0 Å². The molecule has 0 aliphatic carbocycles. The predicted molar refractivity (Wildman–Crippen MR) is 54.8 cm³/mol. The summed E-state index contributed by atoms with van der Waals surface area (Å²) in [4.78, 5) is 2.40. The van der Waals surface area contributed by atoms with E-state index in [1.165, 1.54) is 5.69 Å². The Morgan fingerprint density at radius 2 is 2.08 bits per heavy atom. The van der Waals surface area contributed by atoms with E-state index < -0.39 is 0 Å². The van der Waals surface area contributed by atoms with Crippen molar-refractivity contribution < 1.29 is 0 Å². The summed E-state index contributed by atoms with van der Waals surface area (Å²) in [7, 11) is 0. The zero-order valence-electron chi connectivity index (χ0n) is 8.82. The molecule has 1 heterocycles. The Balaban J connectivity index is 2.38. The minimum atomic E-state index is 1.00. The minimum absolute atomic E-state index is 1.00. The van der Waals surface area contributed by atoms with Crippen molar-refractivity contribution in [3.8, 4) is 0 Å². The first kappa shape index (κ1) is 10.3. The quantitative estimate of drug-likeness (QED) is 0.687. The van der Waals surface area contributed by atoms with E-state index >= 15 is 0 Å². The molecular weight excluding hydrogens is 162 g/mol. The van der Waals surface area contributed by atoms with Crippen LogP contribution in [-0.2, 0) is 6.54 Å². The van der Waals surface area contributed by atoms with Crippen LogP contribution in [0, 0.1) is 6.92 Å². The van der Waals surface area contributed by atoms with Gasteiger partial charge in [0.2, 0.25) is 0 Å². The Hall–Kier alpha value is -0.830. The lowest BCUT2D eigenvalue weighted by atomic mass is 10.4. The molecule has 0 spiro atoms. The van der Waals surface area contributed by atoms with E-state index in [-0.39, 0.29) is 0 Å². The molecule has 0 unspecified atom stereocenters. The lowest BCUT2D eigenvalue weighted by Crippen LogP contribution is -2.27. The maximum atomic E-state index is 4.25. The molecule has 0 atom stereocenters. The van der Waals surface area contributed by atoms with Crippen LogP contribution in [0.5, 0.6) is 0 Å². The molecule has 0 aliphatic rings. The van der Waals surface area contributed by atoms with Gasteiger partial charge in [0, 0.05) is 18.4 Å². The van der Waals surface area contributed by atoms with Crippen molar-refractivity contribution in [1.29, 1.82) is 0 Å². The van der Waals surface area contributed by atoms with Gasteiger partial charge in [-0.15, -0.1) is 0 Å². The first-order chi connectivity index (χ1) is 6.27. The molecule has 13 heavy (non-hydrogen) atoms. The largest absolute Gasteiger partial charge is 0.302 e. The third-order valence-electron chi connectivity index (χ3n) is 2.45. The Kier molecular flexibility index (Phi) is 3.96. The van der Waals surface area contributed by atoms with Gasteiger partial charge < -0.3 is 4.90 Å². The van der Waals surface area contributed by atoms with Crippen molar-refractivity contribution in [1.82, 2.24) is 14.7 Å². The van der Waals surface area contributed by atoms with E-state index in [2.05, 4.69) is 35.5 Å². The van der Waals surface area contributed by atoms with Crippen LogP contribution >= 0.6 is 0 Å². The fourth-order valence-corrected chi connectivity index (χ4v) is 1.41. The van der Waals surface area contributed by atoms with Crippen LogP contribution in [0.1, 0.15) is 19.5 Å². The molecular formula is C10H19N3. The number of hydrogen-bond donors (Lipinski definition) is 0. The number of hydrogen-bond acceptors (Lipinski definition) is 2. The van der Waals surface area contributed by atoms with Gasteiger partial charge in [-0.1, -0.05) is 13.8 Å². The Morgan fingerprint density at radius 1 is 1.38 bits per heavy atom. The van der Waals surface area contributed by atoms with Gasteiger partial charge in [-0.05, 0) is 26.1 Å². The van der Waals surface area contributed by atoms with E-state index in [4.69, 9.17) is 0 Å². The first-order valence-electron chi connectivity index (χ1n) is 4.98. The van der Waals surface area contributed by atoms with E-state index in [1.54, 1.807) is 0 Å². The van der Waals surface area contributed by atoms with Crippen LogP contribution in [0.4, 0.5) is 0 Å². The molecule has 3 heteroatoms. The fourth-order valence-electron chi connectivity index (χ4n) is 1.41. The zero-order valence-corrected chi connectivity index (χ0v) is 8.82. The third-order valence-corrected chi connectivity index (χ3v) is 2.45. The summed E-state index contributed by atoms with van der Waals surface area (Å²) in [6, 6.07) is 2.04. The second kappa shape index (κ2) is 5.02. The summed E-state index contributed by atoms with van der Waals surface area (Å²) in [6.45, 7) is 10.8. The van der Waals surface area contributed by atoms with Crippen LogP contribution in [-0.4, -0.2) is 34.3 Å². The van der Waals surface area contributed by atoms with Gasteiger partial charge in [-0.3, -0.25) is 4.68 Å². The predicted octanol–water partition coefficient (Wildman–Crippen LogP) is 1.53. The highest BCUT2D eigenvalue weighted by Crippen LogP contribution is 1.96. The van der Waals surface area contributed by atoms with Crippen LogP contribution in [0.2, 0.25) is 0 Å². The highest BCUT2D eigenvalue weighted by Gasteiger charge is 2.00. The lowest BCUT2D eigenvalue weighted by Gasteiger charge is -2.17. The molecule has 0 bridgehead atoms. The van der Waals surface area contributed by atoms with Gasteiger partial charge in [0.25, 0.3) is 0 Å². The molecule has 1 rings (SSSR count). The lowest BCUT2D eigenvalue weighted by molar-refractivity contribution is 0.284. The smallest absolute Gasteiger partial charge is 0.0539 e. The molecule has 0 aliphatic heterocycles. The van der Waals surface area contributed by atoms with Crippen LogP contribution in [0.3, 0.4) is 0 Å². The molecule has 0 saturated carbocycles. The van der Waals surface area contributed by atoms with Crippen LogP contribution < -0.4 is 0 Å². The molecule has 0 aromatic carbocycles. The second-order valence-corrected chi connectivity index (χ2v) is 3.22. The summed E-state index contributed by atoms with van der Waals surface area (Å²) in [6.07, 6.45) is 1.86. The summed E-state index contributed by atoms with van der Waals surface area (Å²) in [5.74, 6) is 0. The second-order valence-electron chi connectivity index (χ2n) is 3.22. The highest BCUT2D eigenvalue weighted by atomic mass is 15.3. The third kappa shape index (κ3) is 2.84. The molecule has 3 nitrogen and oxygen atoms in total. The molecule has 0 amide bonds. The minimum Gasteiger partial charge on any atom is -0.302 e. The first-order valence-corrected chi connectivity index (χ1v) is 4.98. The number of aryl methyl sites for hydroxylation is 1. The summed E-state index contributed by atoms with van der Waals surface area (Å²) in [5.41, 5.74) is 1.24. The Labute approximate surface area is 80.4 Å². The number of nitrogens with zero attached hydrogens (tertiary/aromatic N) is 3. The zero-order chi connectivity index (χ0) is 9.68. The Bertz CT molecular complexity index is 238. The monoisotopic (exact) mass is 181 g/mol. The number of aromatic nitrogens is 2. The van der Waals surface area contributed by atoms with Gasteiger partial charge in [-0.2, -0.15) is 5.10 Å². The molecule has 0 radical (unpaired) electrons. The van der Waals surface area contributed by atoms with Crippen LogP contribution in [0.15, 0.2) is 12.3 Å². The number of likely N-dealkylation sites (N-methyl/N-ethyl adjacent to an activating group) is 1. The van der Waals surface area contributed by atoms with Gasteiger partial charge in [0.15, 0.2) is 0 Å². The molecule has 0 fully saturated rings. The van der Waals surface area contributed by atoms with E-state index in [1.807, 2.05) is 12.3 Å². The van der Waals surface area contributed by atoms with Gasteiger partial charge >= 0.3 is 0 Å². The molecule has 0 saturated heterocycles. The van der Waals surface area contributed by atoms with Gasteiger partial charge in [0.05, 0.1) is 6.54 Å². The standard InChI is InChI=1S/C10H19N3/c1-4-12(5-2)8-9-13-10(3)6-7-11-13/h6-7H,4-5,8-9H2,1-3H3. The van der Waals surface area contributed by atoms with E-state index in [0.29, 0.717) is 0 Å². The normalized spacial score (nSPS) is 11.1. The molecule has 1 aromatic rings. The summed E-state index contributed by atoms with van der Waals surface area (Å²) < 4.78 is 2.05. The Morgan fingerprint density at radius 3 is 2.54 bits per heavy atom. The summed E-state index contributed by atoms with van der Waals surface area (Å²) >= 11 is 0. The fraction of sp³-hybridized carbons (Fsp3) is 0.700. The molecule has 1 aromatic heterocycles. The van der Waals surface area contributed by atoms with Crippen molar-refractivity contribution in [2.24, 2.45) is 0 Å². The molecule has 74 valence electrons. The molecule has 0 N–H and O–H groups in total.